The number of hydrogen-bond donors (Lipinski definition) is 1. The van der Waals surface area contributed by atoms with E-state index in [1.54, 1.807) is 20.1 Å². The van der Waals surface area contributed by atoms with E-state index in [0.717, 1.165) is 5.56 Å². The molecular weight excluding hydrogens is 320 g/mol. The molecule has 0 heterocycles. The van der Waals surface area contributed by atoms with E-state index in [9.17, 15) is 9.90 Å². The molecule has 25 heavy (non-hydrogen) atoms. The molecule has 1 aliphatic carbocycles. The first kappa shape index (κ1) is 17.3. The molecule has 5 heteroatoms. The standard InChI is InChI=1S/C20H22O5/c1-19(22)12-13-10-15(23-2)11-16(24-3)17(13)20(19,18(21)25-4)14-8-6-5-7-9-14/h5-11,22H,12H2,1-4H3/t19-,20-/m0/s1. The molecule has 0 radical (unpaired) electrons. The zero-order valence-corrected chi connectivity index (χ0v) is 14.8. The number of carbonyl (C=O) groups is 1. The Morgan fingerprint density at radius 1 is 1.08 bits per heavy atom. The SMILES string of the molecule is COC(=O)[C@]1(c2ccccc2)c2c(cc(OC)cc2OC)C[C@]1(C)O. The van der Waals surface area contributed by atoms with E-state index in [-0.39, 0.29) is 6.42 Å². The van der Waals surface area contributed by atoms with E-state index < -0.39 is 17.0 Å². The van der Waals surface area contributed by atoms with Crippen molar-refractivity contribution in [2.45, 2.75) is 24.4 Å². The van der Waals surface area contributed by atoms with Crippen molar-refractivity contribution in [1.82, 2.24) is 0 Å². The third-order valence-corrected chi connectivity index (χ3v) is 5.03. The van der Waals surface area contributed by atoms with Gasteiger partial charge in [-0.1, -0.05) is 30.3 Å². The number of benzene rings is 2. The van der Waals surface area contributed by atoms with Crippen LogP contribution >= 0.6 is 0 Å². The number of methoxy groups -OCH3 is 3. The molecule has 2 aromatic rings. The molecule has 0 aromatic heterocycles. The van der Waals surface area contributed by atoms with Crippen molar-refractivity contribution in [2.24, 2.45) is 0 Å². The van der Waals surface area contributed by atoms with Gasteiger partial charge in [0.1, 0.15) is 11.5 Å². The number of rotatable bonds is 4. The van der Waals surface area contributed by atoms with E-state index in [1.165, 1.54) is 14.2 Å². The Morgan fingerprint density at radius 2 is 1.76 bits per heavy atom. The summed E-state index contributed by atoms with van der Waals surface area (Å²) >= 11 is 0. The molecule has 3 rings (SSSR count). The highest BCUT2D eigenvalue weighted by molar-refractivity contribution is 5.93. The summed E-state index contributed by atoms with van der Waals surface area (Å²) in [5.74, 6) is 0.576. The highest BCUT2D eigenvalue weighted by atomic mass is 16.5. The van der Waals surface area contributed by atoms with Crippen LogP contribution in [0.4, 0.5) is 0 Å². The van der Waals surface area contributed by atoms with Crippen molar-refractivity contribution in [3.8, 4) is 11.5 Å². The van der Waals surface area contributed by atoms with Gasteiger partial charge in [0.2, 0.25) is 0 Å². The van der Waals surface area contributed by atoms with Crippen molar-refractivity contribution in [2.75, 3.05) is 21.3 Å². The topological polar surface area (TPSA) is 65.0 Å². The Hall–Kier alpha value is -2.53. The van der Waals surface area contributed by atoms with Crippen LogP contribution < -0.4 is 9.47 Å². The van der Waals surface area contributed by atoms with Crippen molar-refractivity contribution in [1.29, 1.82) is 0 Å². The van der Waals surface area contributed by atoms with E-state index in [2.05, 4.69) is 0 Å². The average molecular weight is 342 g/mol. The highest BCUT2D eigenvalue weighted by Gasteiger charge is 2.63. The summed E-state index contributed by atoms with van der Waals surface area (Å²) < 4.78 is 16.1. The first-order chi connectivity index (χ1) is 11.9. The quantitative estimate of drug-likeness (QED) is 0.865. The van der Waals surface area contributed by atoms with Crippen LogP contribution in [0.15, 0.2) is 42.5 Å². The van der Waals surface area contributed by atoms with Crippen LogP contribution in [0, 0.1) is 0 Å². The van der Waals surface area contributed by atoms with E-state index in [0.29, 0.717) is 22.6 Å². The lowest BCUT2D eigenvalue weighted by molar-refractivity contribution is -0.154. The number of aliphatic hydroxyl groups is 1. The monoisotopic (exact) mass is 342 g/mol. The molecule has 0 aliphatic heterocycles. The average Bonchev–Trinajstić information content (AvgIpc) is 2.87. The molecule has 2 atom stereocenters. The molecule has 0 amide bonds. The van der Waals surface area contributed by atoms with Crippen molar-refractivity contribution in [3.63, 3.8) is 0 Å². The summed E-state index contributed by atoms with van der Waals surface area (Å²) in [6.45, 7) is 1.66. The predicted molar refractivity (Wildman–Crippen MR) is 93.1 cm³/mol. The fourth-order valence-electron chi connectivity index (χ4n) is 4.00. The zero-order valence-electron chi connectivity index (χ0n) is 14.8. The molecule has 0 spiro atoms. The molecule has 1 aliphatic rings. The summed E-state index contributed by atoms with van der Waals surface area (Å²) in [5.41, 5.74) is -0.678. The molecule has 2 aromatic carbocycles. The molecule has 0 fully saturated rings. The predicted octanol–water partition coefficient (Wildman–Crippen LogP) is 2.47. The maximum absolute atomic E-state index is 13.1. The van der Waals surface area contributed by atoms with Crippen LogP contribution in [0.25, 0.3) is 0 Å². The van der Waals surface area contributed by atoms with Crippen molar-refractivity contribution < 1.29 is 24.1 Å². The zero-order chi connectivity index (χ0) is 18.2. The Labute approximate surface area is 147 Å². The molecule has 0 saturated heterocycles. The normalized spacial score (nSPS) is 24.5. The highest BCUT2D eigenvalue weighted by Crippen LogP contribution is 2.55. The molecule has 5 nitrogen and oxygen atoms in total. The van der Waals surface area contributed by atoms with Crippen molar-refractivity contribution in [3.05, 3.63) is 59.2 Å². The van der Waals surface area contributed by atoms with Gasteiger partial charge in [0, 0.05) is 18.1 Å². The molecule has 1 N–H and O–H groups in total. The molecule has 0 unspecified atom stereocenters. The van der Waals surface area contributed by atoms with Gasteiger partial charge in [0.15, 0.2) is 5.41 Å². The van der Waals surface area contributed by atoms with Crippen molar-refractivity contribution >= 4 is 5.97 Å². The lowest BCUT2D eigenvalue weighted by atomic mass is 9.67. The molecule has 132 valence electrons. The fourth-order valence-corrected chi connectivity index (χ4v) is 4.00. The lowest BCUT2D eigenvalue weighted by Crippen LogP contribution is -2.53. The number of esters is 1. The molecular formula is C20H22O5. The third kappa shape index (κ3) is 2.30. The second kappa shape index (κ2) is 6.08. The molecule has 0 bridgehead atoms. The van der Waals surface area contributed by atoms with Crippen LogP contribution in [0.3, 0.4) is 0 Å². The smallest absolute Gasteiger partial charge is 0.323 e. The second-order valence-electron chi connectivity index (χ2n) is 6.42. The first-order valence-electron chi connectivity index (χ1n) is 8.04. The summed E-state index contributed by atoms with van der Waals surface area (Å²) in [6.07, 6.45) is 0.278. The molecule has 0 saturated carbocycles. The fraction of sp³-hybridized carbons (Fsp3) is 0.350. The van der Waals surface area contributed by atoms with Gasteiger partial charge in [-0.05, 0) is 24.1 Å². The Kier molecular flexibility index (Phi) is 4.21. The van der Waals surface area contributed by atoms with Gasteiger partial charge in [0.05, 0.1) is 26.9 Å². The van der Waals surface area contributed by atoms with Gasteiger partial charge in [-0.15, -0.1) is 0 Å². The number of ether oxygens (including phenoxy) is 3. The first-order valence-corrected chi connectivity index (χ1v) is 8.04. The summed E-state index contributed by atoms with van der Waals surface area (Å²) in [4.78, 5) is 13.1. The van der Waals surface area contributed by atoms with Crippen LogP contribution in [0.1, 0.15) is 23.6 Å². The van der Waals surface area contributed by atoms with E-state index in [4.69, 9.17) is 14.2 Å². The minimum atomic E-state index is -1.39. The Morgan fingerprint density at radius 3 is 2.32 bits per heavy atom. The van der Waals surface area contributed by atoms with Gasteiger partial charge < -0.3 is 19.3 Å². The minimum Gasteiger partial charge on any atom is -0.497 e. The van der Waals surface area contributed by atoms with E-state index in [1.807, 2.05) is 36.4 Å². The minimum absolute atomic E-state index is 0.278. The lowest BCUT2D eigenvalue weighted by Gasteiger charge is -2.39. The Balaban J connectivity index is 2.42. The van der Waals surface area contributed by atoms with Gasteiger partial charge >= 0.3 is 5.97 Å². The largest absolute Gasteiger partial charge is 0.497 e. The number of hydrogen-bond acceptors (Lipinski definition) is 5. The Bertz CT molecular complexity index is 797. The van der Waals surface area contributed by atoms with Gasteiger partial charge in [-0.2, -0.15) is 0 Å². The maximum atomic E-state index is 13.1. The summed E-state index contributed by atoms with van der Waals surface area (Å²) in [6, 6.07) is 12.7. The maximum Gasteiger partial charge on any atom is 0.323 e. The van der Waals surface area contributed by atoms with Gasteiger partial charge in [-0.25, -0.2) is 0 Å². The van der Waals surface area contributed by atoms with Crippen LogP contribution in [-0.2, 0) is 21.4 Å². The number of fused-ring (bicyclic) bond motifs is 1. The van der Waals surface area contributed by atoms with Gasteiger partial charge in [0.25, 0.3) is 0 Å². The van der Waals surface area contributed by atoms with Crippen LogP contribution in [-0.4, -0.2) is 38.0 Å². The van der Waals surface area contributed by atoms with Crippen LogP contribution in [0.5, 0.6) is 11.5 Å². The second-order valence-corrected chi connectivity index (χ2v) is 6.42. The summed E-state index contributed by atoms with van der Waals surface area (Å²) in [5, 5.41) is 11.4. The number of carbonyl (C=O) groups excluding carboxylic acids is 1. The van der Waals surface area contributed by atoms with Crippen LogP contribution in [0.2, 0.25) is 0 Å². The third-order valence-electron chi connectivity index (χ3n) is 5.03. The summed E-state index contributed by atoms with van der Waals surface area (Å²) in [7, 11) is 4.44. The van der Waals surface area contributed by atoms with E-state index >= 15 is 0 Å². The van der Waals surface area contributed by atoms with Gasteiger partial charge in [-0.3, -0.25) is 4.79 Å².